The third-order valence-electron chi connectivity index (χ3n) is 2.44. The van der Waals surface area contributed by atoms with Gasteiger partial charge in [0.15, 0.2) is 0 Å². The summed E-state index contributed by atoms with van der Waals surface area (Å²) in [6.45, 7) is 1.98. The molecule has 0 unspecified atom stereocenters. The van der Waals surface area contributed by atoms with Gasteiger partial charge in [-0.15, -0.1) is 11.3 Å². The van der Waals surface area contributed by atoms with Gasteiger partial charge in [-0.1, -0.05) is 37.3 Å². The van der Waals surface area contributed by atoms with E-state index in [1.165, 1.54) is 11.3 Å². The number of benzene rings is 1. The Morgan fingerprint density at radius 1 is 1.19 bits per heavy atom. The molecule has 3 heteroatoms. The summed E-state index contributed by atoms with van der Waals surface area (Å²) in [5, 5.41) is 0. The molecule has 0 aliphatic heterocycles. The average molecular weight is 238 g/mol. The molecule has 0 radical (unpaired) electrons. The first kappa shape index (κ1) is 11.3. The fourth-order valence-corrected chi connectivity index (χ4v) is 2.62. The molecule has 0 fully saturated rings. The first-order valence-corrected chi connectivity index (χ1v) is 6.00. The van der Waals surface area contributed by atoms with Crippen molar-refractivity contribution in [2.45, 2.75) is 19.8 Å². The zero-order valence-electron chi connectivity index (χ0n) is 8.91. The van der Waals surface area contributed by atoms with Crippen molar-refractivity contribution in [1.29, 1.82) is 0 Å². The summed E-state index contributed by atoms with van der Waals surface area (Å²) < 4.78 is 25.7. The van der Waals surface area contributed by atoms with E-state index in [0.717, 1.165) is 16.9 Å². The molecule has 0 spiro atoms. The van der Waals surface area contributed by atoms with Crippen LogP contribution in [0.2, 0.25) is 0 Å². The summed E-state index contributed by atoms with van der Waals surface area (Å²) >= 11 is 1.21. The van der Waals surface area contributed by atoms with E-state index in [-0.39, 0.29) is 4.88 Å². The van der Waals surface area contributed by atoms with E-state index in [0.29, 0.717) is 5.56 Å². The Labute approximate surface area is 97.6 Å². The van der Waals surface area contributed by atoms with Crippen LogP contribution in [0.1, 0.15) is 23.1 Å². The molecular formula is C13H12F2S. The second-order valence-electron chi connectivity index (χ2n) is 3.51. The lowest BCUT2D eigenvalue weighted by atomic mass is 10.1. The monoisotopic (exact) mass is 238 g/mol. The Balaban J connectivity index is 2.51. The minimum Gasteiger partial charge on any atom is -0.204 e. The number of hydrogen-bond acceptors (Lipinski definition) is 1. The summed E-state index contributed by atoms with van der Waals surface area (Å²) in [7, 11) is 0. The molecular weight excluding hydrogens is 226 g/mol. The normalized spacial score (nSPS) is 11.0. The van der Waals surface area contributed by atoms with Gasteiger partial charge in [-0.2, -0.15) is 0 Å². The Hall–Kier alpha value is -1.22. The van der Waals surface area contributed by atoms with Crippen molar-refractivity contribution in [3.05, 3.63) is 46.2 Å². The lowest BCUT2D eigenvalue weighted by Gasteiger charge is -2.01. The third kappa shape index (κ3) is 2.14. The molecule has 0 aliphatic carbocycles. The quantitative estimate of drug-likeness (QED) is 0.712. The van der Waals surface area contributed by atoms with Crippen LogP contribution in [-0.2, 0) is 6.42 Å². The molecule has 0 saturated heterocycles. The number of hydrogen-bond donors (Lipinski definition) is 0. The number of alkyl halides is 2. The van der Waals surface area contributed by atoms with E-state index in [1.807, 2.05) is 43.3 Å². The van der Waals surface area contributed by atoms with Gasteiger partial charge in [0.25, 0.3) is 6.43 Å². The van der Waals surface area contributed by atoms with Crippen LogP contribution in [0.3, 0.4) is 0 Å². The number of aryl methyl sites for hydroxylation is 1. The first-order chi connectivity index (χ1) is 7.72. The Kier molecular flexibility index (Phi) is 3.34. The summed E-state index contributed by atoms with van der Waals surface area (Å²) in [5.41, 5.74) is 1.55. The van der Waals surface area contributed by atoms with E-state index in [1.54, 1.807) is 0 Å². The zero-order chi connectivity index (χ0) is 11.5. The van der Waals surface area contributed by atoms with Crippen LogP contribution in [0.5, 0.6) is 0 Å². The van der Waals surface area contributed by atoms with Crippen LogP contribution in [0.4, 0.5) is 8.78 Å². The van der Waals surface area contributed by atoms with Crippen molar-refractivity contribution in [3.63, 3.8) is 0 Å². The second-order valence-corrected chi connectivity index (χ2v) is 4.68. The second kappa shape index (κ2) is 4.74. The fourth-order valence-electron chi connectivity index (χ4n) is 1.64. The van der Waals surface area contributed by atoms with Gasteiger partial charge < -0.3 is 0 Å². The van der Waals surface area contributed by atoms with Crippen molar-refractivity contribution in [3.8, 4) is 11.1 Å². The van der Waals surface area contributed by atoms with Crippen LogP contribution >= 0.6 is 11.3 Å². The van der Waals surface area contributed by atoms with Gasteiger partial charge in [0, 0.05) is 10.4 Å². The van der Waals surface area contributed by atoms with E-state index >= 15 is 0 Å². The van der Waals surface area contributed by atoms with Crippen LogP contribution in [0.25, 0.3) is 11.1 Å². The van der Waals surface area contributed by atoms with Gasteiger partial charge >= 0.3 is 0 Å². The molecule has 2 rings (SSSR count). The highest BCUT2D eigenvalue weighted by Gasteiger charge is 2.17. The molecule has 84 valence electrons. The predicted octanol–water partition coefficient (Wildman–Crippen LogP) is 4.92. The summed E-state index contributed by atoms with van der Waals surface area (Å²) in [5.74, 6) is 0. The Morgan fingerprint density at radius 3 is 2.44 bits per heavy atom. The average Bonchev–Trinajstić information content (AvgIpc) is 2.74. The Morgan fingerprint density at radius 2 is 1.88 bits per heavy atom. The van der Waals surface area contributed by atoms with Crippen LogP contribution in [0.15, 0.2) is 36.4 Å². The minimum atomic E-state index is -2.39. The van der Waals surface area contributed by atoms with Gasteiger partial charge in [-0.3, -0.25) is 0 Å². The maximum absolute atomic E-state index is 12.9. The zero-order valence-corrected chi connectivity index (χ0v) is 9.73. The molecule has 0 aliphatic rings. The molecule has 1 heterocycles. The van der Waals surface area contributed by atoms with Crippen molar-refractivity contribution in [2.24, 2.45) is 0 Å². The van der Waals surface area contributed by atoms with E-state index in [2.05, 4.69) is 0 Å². The fraction of sp³-hybridized carbons (Fsp3) is 0.231. The van der Waals surface area contributed by atoms with Crippen molar-refractivity contribution in [1.82, 2.24) is 0 Å². The summed E-state index contributed by atoms with van der Waals surface area (Å²) in [6.07, 6.45) is -1.59. The van der Waals surface area contributed by atoms with E-state index < -0.39 is 6.43 Å². The number of rotatable bonds is 3. The van der Waals surface area contributed by atoms with Gasteiger partial charge in [0.05, 0.1) is 4.88 Å². The molecule has 1 aromatic carbocycles. The summed E-state index contributed by atoms with van der Waals surface area (Å²) in [4.78, 5) is 1.19. The SMILES string of the molecule is CCc1cc(-c2ccccc2)c(C(F)F)s1. The first-order valence-electron chi connectivity index (χ1n) is 5.18. The lowest BCUT2D eigenvalue weighted by Crippen LogP contribution is -1.82. The van der Waals surface area contributed by atoms with Crippen LogP contribution in [0, 0.1) is 0 Å². The maximum Gasteiger partial charge on any atom is 0.273 e. The van der Waals surface area contributed by atoms with Gasteiger partial charge in [-0.05, 0) is 18.1 Å². The van der Waals surface area contributed by atoms with Gasteiger partial charge in [-0.25, -0.2) is 8.78 Å². The van der Waals surface area contributed by atoms with Gasteiger partial charge in [0.1, 0.15) is 0 Å². The lowest BCUT2D eigenvalue weighted by molar-refractivity contribution is 0.156. The standard InChI is InChI=1S/C13H12F2S/c1-2-10-8-11(12(16-10)13(14)15)9-6-4-3-5-7-9/h3-8,13H,2H2,1H3. The number of thiophene rings is 1. The molecule has 0 atom stereocenters. The maximum atomic E-state index is 12.9. The third-order valence-corrected chi connectivity index (χ3v) is 3.73. The molecule has 1 aromatic heterocycles. The van der Waals surface area contributed by atoms with E-state index in [9.17, 15) is 8.78 Å². The Bertz CT molecular complexity index is 460. The molecule has 16 heavy (non-hydrogen) atoms. The number of halogens is 2. The summed E-state index contributed by atoms with van der Waals surface area (Å²) in [6, 6.07) is 11.2. The molecule has 0 amide bonds. The molecule has 0 saturated carbocycles. The highest BCUT2D eigenvalue weighted by molar-refractivity contribution is 7.12. The van der Waals surface area contributed by atoms with Crippen LogP contribution < -0.4 is 0 Å². The molecule has 0 bridgehead atoms. The van der Waals surface area contributed by atoms with Gasteiger partial charge in [0.2, 0.25) is 0 Å². The van der Waals surface area contributed by atoms with Crippen LogP contribution in [-0.4, -0.2) is 0 Å². The van der Waals surface area contributed by atoms with Crippen molar-refractivity contribution >= 4 is 11.3 Å². The van der Waals surface area contributed by atoms with Crippen molar-refractivity contribution in [2.75, 3.05) is 0 Å². The molecule has 0 nitrogen and oxygen atoms in total. The topological polar surface area (TPSA) is 0 Å². The predicted molar refractivity (Wildman–Crippen MR) is 64.1 cm³/mol. The van der Waals surface area contributed by atoms with E-state index in [4.69, 9.17) is 0 Å². The smallest absolute Gasteiger partial charge is 0.204 e. The minimum absolute atomic E-state index is 0.183. The molecule has 2 aromatic rings. The highest BCUT2D eigenvalue weighted by Crippen LogP contribution is 2.38. The molecule has 0 N–H and O–H groups in total. The highest BCUT2D eigenvalue weighted by atomic mass is 32.1. The van der Waals surface area contributed by atoms with Crippen molar-refractivity contribution < 1.29 is 8.78 Å². The largest absolute Gasteiger partial charge is 0.273 e.